The number of thiazole rings is 1. The second kappa shape index (κ2) is 5.49. The average Bonchev–Trinajstić information content (AvgIpc) is 2.74. The maximum atomic E-state index is 5.93. The Morgan fingerprint density at radius 2 is 2.00 bits per heavy atom. The molecule has 19 heavy (non-hydrogen) atoms. The van der Waals surface area contributed by atoms with Crippen molar-refractivity contribution in [3.05, 3.63) is 19.8 Å². The normalized spacial score (nSPS) is 11.7. The molecule has 0 saturated carbocycles. The van der Waals surface area contributed by atoms with Crippen molar-refractivity contribution in [1.82, 2.24) is 15.0 Å². The highest BCUT2D eigenvalue weighted by molar-refractivity contribution is 14.1. The van der Waals surface area contributed by atoms with Gasteiger partial charge in [-0.05, 0) is 22.6 Å². The zero-order valence-electron chi connectivity index (χ0n) is 11.1. The molecule has 4 nitrogen and oxygen atoms in total. The molecule has 2 aromatic heterocycles. The molecule has 0 fully saturated rings. The molecule has 0 spiro atoms. The highest BCUT2D eigenvalue weighted by atomic mass is 127. The summed E-state index contributed by atoms with van der Waals surface area (Å²) in [6.45, 7) is 6.40. The van der Waals surface area contributed by atoms with E-state index in [0.29, 0.717) is 10.2 Å². The molecule has 0 bridgehead atoms. The molecule has 0 unspecified atom stereocenters. The first-order valence-corrected chi connectivity index (χ1v) is 7.97. The molecule has 0 aliphatic heterocycles. The lowest BCUT2D eigenvalue weighted by Crippen LogP contribution is -2.18. The van der Waals surface area contributed by atoms with Gasteiger partial charge in [-0.2, -0.15) is 0 Å². The van der Waals surface area contributed by atoms with Crippen LogP contribution in [-0.4, -0.2) is 22.0 Å². The van der Waals surface area contributed by atoms with Gasteiger partial charge in [0.1, 0.15) is 10.2 Å². The maximum Gasteiger partial charge on any atom is 0.191 e. The van der Waals surface area contributed by atoms with Crippen molar-refractivity contribution in [1.29, 1.82) is 0 Å². The molecular formula is C12H14ClIN4S. The van der Waals surface area contributed by atoms with Crippen LogP contribution < -0.4 is 5.32 Å². The van der Waals surface area contributed by atoms with E-state index in [-0.39, 0.29) is 5.41 Å². The van der Waals surface area contributed by atoms with Gasteiger partial charge in [0.05, 0.1) is 15.5 Å². The largest absolute Gasteiger partial charge is 0.372 e. The third-order valence-electron chi connectivity index (χ3n) is 2.47. The van der Waals surface area contributed by atoms with Gasteiger partial charge in [-0.25, -0.2) is 15.0 Å². The molecule has 2 aromatic rings. The van der Waals surface area contributed by atoms with Gasteiger partial charge in [0.25, 0.3) is 0 Å². The first-order chi connectivity index (χ1) is 8.82. The minimum Gasteiger partial charge on any atom is -0.372 e. The summed E-state index contributed by atoms with van der Waals surface area (Å²) < 4.78 is 1.68. The fourth-order valence-corrected chi connectivity index (χ4v) is 3.73. The zero-order chi connectivity index (χ0) is 14.2. The lowest BCUT2D eigenvalue weighted by molar-refractivity contribution is 0.564. The molecule has 2 heterocycles. The van der Waals surface area contributed by atoms with E-state index in [1.165, 1.54) is 11.3 Å². The molecule has 0 atom stereocenters. The number of rotatable bonds is 2. The number of halogens is 2. The van der Waals surface area contributed by atoms with Gasteiger partial charge < -0.3 is 5.32 Å². The molecule has 0 aliphatic rings. The molecule has 0 aromatic carbocycles. The van der Waals surface area contributed by atoms with E-state index in [9.17, 15) is 0 Å². The summed E-state index contributed by atoms with van der Waals surface area (Å²) in [7, 11) is 1.86. The Labute approximate surface area is 135 Å². The maximum absolute atomic E-state index is 5.93. The van der Waals surface area contributed by atoms with Crippen LogP contribution in [0.4, 0.5) is 5.82 Å². The van der Waals surface area contributed by atoms with E-state index >= 15 is 0 Å². The predicted octanol–water partition coefficient (Wildman–Crippen LogP) is 4.20. The first-order valence-electron chi connectivity index (χ1n) is 5.70. The summed E-state index contributed by atoms with van der Waals surface area (Å²) in [6.07, 6.45) is 1.62. The van der Waals surface area contributed by atoms with Crippen LogP contribution in [-0.2, 0) is 5.41 Å². The van der Waals surface area contributed by atoms with Gasteiger partial charge >= 0.3 is 0 Å². The summed E-state index contributed by atoms with van der Waals surface area (Å²) >= 11 is 9.59. The standard InChI is InChI=1S/C12H14ClIN4S/c1-12(2,3)8-7(14)9(15-4)18-10(17-8)11-16-5-6(13)19-11/h5H,1-4H3,(H,15,17,18). The third-order valence-corrected chi connectivity index (χ3v) is 4.60. The average molecular weight is 409 g/mol. The van der Waals surface area contributed by atoms with Crippen molar-refractivity contribution in [3.8, 4) is 10.8 Å². The van der Waals surface area contributed by atoms with Crippen molar-refractivity contribution in [2.75, 3.05) is 12.4 Å². The van der Waals surface area contributed by atoms with Crippen LogP contribution in [0.15, 0.2) is 6.20 Å². The highest BCUT2D eigenvalue weighted by Crippen LogP contribution is 2.33. The second-order valence-electron chi connectivity index (χ2n) is 5.03. The van der Waals surface area contributed by atoms with Gasteiger partial charge in [-0.15, -0.1) is 0 Å². The summed E-state index contributed by atoms with van der Waals surface area (Å²) in [4.78, 5) is 13.4. The van der Waals surface area contributed by atoms with E-state index in [1.54, 1.807) is 6.20 Å². The fourth-order valence-electron chi connectivity index (χ4n) is 1.56. The Balaban J connectivity index is 2.64. The number of anilines is 1. The first kappa shape index (κ1) is 14.9. The third kappa shape index (κ3) is 3.17. The molecule has 0 amide bonds. The van der Waals surface area contributed by atoms with Gasteiger partial charge in [-0.1, -0.05) is 43.7 Å². The van der Waals surface area contributed by atoms with Crippen molar-refractivity contribution >= 4 is 51.3 Å². The van der Waals surface area contributed by atoms with Gasteiger partial charge in [-0.3, -0.25) is 0 Å². The van der Waals surface area contributed by atoms with Gasteiger partial charge in [0.15, 0.2) is 10.8 Å². The van der Waals surface area contributed by atoms with Crippen LogP contribution in [0.3, 0.4) is 0 Å². The fraction of sp³-hybridized carbons (Fsp3) is 0.417. The number of aromatic nitrogens is 3. The van der Waals surface area contributed by atoms with Crippen molar-refractivity contribution < 1.29 is 0 Å². The Bertz CT molecular complexity index is 606. The second-order valence-corrected chi connectivity index (χ2v) is 7.77. The van der Waals surface area contributed by atoms with Crippen LogP contribution in [0.5, 0.6) is 0 Å². The summed E-state index contributed by atoms with van der Waals surface area (Å²) in [5.41, 5.74) is 0.953. The van der Waals surface area contributed by atoms with Crippen LogP contribution in [0.25, 0.3) is 10.8 Å². The van der Waals surface area contributed by atoms with E-state index in [2.05, 4.69) is 63.6 Å². The molecule has 0 aliphatic carbocycles. The Morgan fingerprint density at radius 3 is 2.47 bits per heavy atom. The Morgan fingerprint density at radius 1 is 1.32 bits per heavy atom. The summed E-state index contributed by atoms with van der Waals surface area (Å²) in [5, 5.41) is 3.85. The molecule has 1 N–H and O–H groups in total. The Kier molecular flexibility index (Phi) is 4.32. The minimum absolute atomic E-state index is 0.0547. The van der Waals surface area contributed by atoms with E-state index in [0.717, 1.165) is 20.1 Å². The zero-order valence-corrected chi connectivity index (χ0v) is 14.8. The predicted molar refractivity (Wildman–Crippen MR) is 89.1 cm³/mol. The highest BCUT2D eigenvalue weighted by Gasteiger charge is 2.24. The van der Waals surface area contributed by atoms with Gasteiger partial charge in [0, 0.05) is 12.5 Å². The monoisotopic (exact) mass is 408 g/mol. The molecule has 2 rings (SSSR count). The minimum atomic E-state index is -0.0547. The van der Waals surface area contributed by atoms with Gasteiger partial charge in [0.2, 0.25) is 0 Å². The van der Waals surface area contributed by atoms with E-state index in [1.807, 2.05) is 7.05 Å². The van der Waals surface area contributed by atoms with Crippen molar-refractivity contribution in [2.24, 2.45) is 0 Å². The lowest BCUT2D eigenvalue weighted by Gasteiger charge is -2.21. The van der Waals surface area contributed by atoms with Crippen molar-refractivity contribution in [2.45, 2.75) is 26.2 Å². The summed E-state index contributed by atoms with van der Waals surface area (Å²) in [6, 6.07) is 0. The number of nitrogens with one attached hydrogen (secondary N) is 1. The lowest BCUT2D eigenvalue weighted by atomic mass is 9.92. The summed E-state index contributed by atoms with van der Waals surface area (Å²) in [5.74, 6) is 1.44. The Hall–Kier alpha value is -0.470. The molecule has 0 saturated heterocycles. The van der Waals surface area contributed by atoms with E-state index < -0.39 is 0 Å². The van der Waals surface area contributed by atoms with E-state index in [4.69, 9.17) is 11.6 Å². The smallest absolute Gasteiger partial charge is 0.191 e. The molecular weight excluding hydrogens is 395 g/mol. The van der Waals surface area contributed by atoms with Crippen LogP contribution >= 0.6 is 45.5 Å². The number of hydrogen-bond donors (Lipinski definition) is 1. The quantitative estimate of drug-likeness (QED) is 0.757. The van der Waals surface area contributed by atoms with Crippen LogP contribution in [0, 0.1) is 3.57 Å². The number of hydrogen-bond acceptors (Lipinski definition) is 5. The van der Waals surface area contributed by atoms with Crippen molar-refractivity contribution in [3.63, 3.8) is 0 Å². The topological polar surface area (TPSA) is 50.7 Å². The molecule has 0 radical (unpaired) electrons. The van der Waals surface area contributed by atoms with Crippen LogP contribution in [0.1, 0.15) is 26.5 Å². The molecule has 102 valence electrons. The SMILES string of the molecule is CNc1nc(-c2ncc(Cl)s2)nc(C(C)(C)C)c1I. The number of nitrogens with zero attached hydrogens (tertiary/aromatic N) is 3. The van der Waals surface area contributed by atoms with Crippen LogP contribution in [0.2, 0.25) is 4.34 Å². The molecule has 7 heteroatoms.